The van der Waals surface area contributed by atoms with Crippen LogP contribution < -0.4 is 0 Å². The summed E-state index contributed by atoms with van der Waals surface area (Å²) in [5.41, 5.74) is -0.451. The molecule has 2 unspecified atom stereocenters. The van der Waals surface area contributed by atoms with Crippen molar-refractivity contribution in [1.29, 1.82) is 0 Å². The molecular weight excluding hydrogens is 307 g/mol. The van der Waals surface area contributed by atoms with Crippen LogP contribution in [0.5, 0.6) is 0 Å². The Kier molecular flexibility index (Phi) is 5.14. The van der Waals surface area contributed by atoms with Gasteiger partial charge in [0.25, 0.3) is 0 Å². The molecule has 1 fully saturated rings. The Hall–Kier alpha value is -1.82. The smallest absolute Gasteiger partial charge is 0.393 e. The van der Waals surface area contributed by atoms with Crippen LogP contribution in [0.15, 0.2) is 30.3 Å². The predicted octanol–water partition coefficient (Wildman–Crippen LogP) is 3.34. The lowest BCUT2D eigenvalue weighted by atomic mass is 10.00. The molecule has 1 aromatic rings. The standard InChI is InChI=1S/C17H20F3NO2/c1-11(14-5-3-4-6-15(14)17(18,19)20)9-16(23)21-8-7-13(10-21)12(2)22/h3-6,9,12-13,22H,7-8,10H2,1-2H3/b11-9-. The van der Waals surface area contributed by atoms with E-state index in [2.05, 4.69) is 0 Å². The normalized spacial score (nSPS) is 20.7. The predicted molar refractivity (Wildman–Crippen MR) is 81.5 cm³/mol. The summed E-state index contributed by atoms with van der Waals surface area (Å²) in [6, 6.07) is 5.22. The number of carbonyl (C=O) groups is 1. The number of allylic oxidation sites excluding steroid dienone is 1. The maximum atomic E-state index is 13.0. The summed E-state index contributed by atoms with van der Waals surface area (Å²) in [4.78, 5) is 13.8. The fraction of sp³-hybridized carbons (Fsp3) is 0.471. The molecule has 0 aliphatic carbocycles. The summed E-state index contributed by atoms with van der Waals surface area (Å²) in [5.74, 6) is -0.294. The van der Waals surface area contributed by atoms with Gasteiger partial charge in [0, 0.05) is 25.1 Å². The number of nitrogens with zero attached hydrogens (tertiary/aromatic N) is 1. The third-order valence-electron chi connectivity index (χ3n) is 4.22. The molecule has 0 radical (unpaired) electrons. The molecule has 1 N–H and O–H groups in total. The number of benzene rings is 1. The minimum Gasteiger partial charge on any atom is -0.393 e. The van der Waals surface area contributed by atoms with Crippen LogP contribution >= 0.6 is 0 Å². The summed E-state index contributed by atoms with van der Waals surface area (Å²) in [6.07, 6.45) is -3.01. The van der Waals surface area contributed by atoms with E-state index in [1.807, 2.05) is 0 Å². The summed E-state index contributed by atoms with van der Waals surface area (Å²) >= 11 is 0. The number of halogens is 3. The van der Waals surface area contributed by atoms with Crippen molar-refractivity contribution in [3.05, 3.63) is 41.5 Å². The Morgan fingerprint density at radius 2 is 2.04 bits per heavy atom. The highest BCUT2D eigenvalue weighted by atomic mass is 19.4. The Morgan fingerprint density at radius 1 is 1.39 bits per heavy atom. The molecule has 1 amide bonds. The van der Waals surface area contributed by atoms with Gasteiger partial charge in [-0.15, -0.1) is 0 Å². The SMILES string of the molecule is C/C(=C/C(=O)N1CCC(C(C)O)C1)c1ccccc1C(F)(F)F. The number of aliphatic hydroxyl groups excluding tert-OH is 1. The topological polar surface area (TPSA) is 40.5 Å². The lowest BCUT2D eigenvalue weighted by Gasteiger charge is -2.17. The minimum absolute atomic E-state index is 0.0135. The number of amides is 1. The van der Waals surface area contributed by atoms with E-state index >= 15 is 0 Å². The Bertz CT molecular complexity index is 608. The van der Waals surface area contributed by atoms with Crippen molar-refractivity contribution in [2.45, 2.75) is 32.5 Å². The summed E-state index contributed by atoms with van der Waals surface area (Å²) < 4.78 is 39.1. The first kappa shape index (κ1) is 17.5. The van der Waals surface area contributed by atoms with E-state index in [1.165, 1.54) is 31.2 Å². The number of alkyl halides is 3. The fourth-order valence-corrected chi connectivity index (χ4v) is 2.81. The van der Waals surface area contributed by atoms with Gasteiger partial charge in [-0.25, -0.2) is 0 Å². The molecule has 1 aliphatic rings. The minimum atomic E-state index is -4.46. The van der Waals surface area contributed by atoms with Crippen molar-refractivity contribution in [3.63, 3.8) is 0 Å². The van der Waals surface area contributed by atoms with Crippen LogP contribution in [0.4, 0.5) is 13.2 Å². The Balaban J connectivity index is 2.19. The molecule has 0 aromatic heterocycles. The highest BCUT2D eigenvalue weighted by Crippen LogP contribution is 2.34. The van der Waals surface area contributed by atoms with E-state index < -0.39 is 17.8 Å². The van der Waals surface area contributed by atoms with E-state index in [4.69, 9.17) is 0 Å². The van der Waals surface area contributed by atoms with Crippen LogP contribution in [0.2, 0.25) is 0 Å². The first-order chi connectivity index (χ1) is 10.7. The van der Waals surface area contributed by atoms with Gasteiger partial charge in [-0.1, -0.05) is 18.2 Å². The van der Waals surface area contributed by atoms with Crippen LogP contribution in [-0.4, -0.2) is 35.1 Å². The van der Waals surface area contributed by atoms with Gasteiger partial charge < -0.3 is 10.0 Å². The first-order valence-corrected chi connectivity index (χ1v) is 7.52. The zero-order valence-corrected chi connectivity index (χ0v) is 13.1. The number of carbonyl (C=O) groups excluding carboxylic acids is 1. The number of rotatable bonds is 3. The van der Waals surface area contributed by atoms with Crippen LogP contribution in [0, 0.1) is 5.92 Å². The van der Waals surface area contributed by atoms with Gasteiger partial charge in [0.15, 0.2) is 0 Å². The second kappa shape index (κ2) is 6.74. The zero-order chi connectivity index (χ0) is 17.2. The van der Waals surface area contributed by atoms with Crippen molar-refractivity contribution in [3.8, 4) is 0 Å². The van der Waals surface area contributed by atoms with Crippen molar-refractivity contribution < 1.29 is 23.1 Å². The van der Waals surface area contributed by atoms with Crippen molar-refractivity contribution in [2.75, 3.05) is 13.1 Å². The molecule has 1 saturated heterocycles. The van der Waals surface area contributed by atoms with Crippen LogP contribution in [0.25, 0.3) is 5.57 Å². The number of aliphatic hydroxyl groups is 1. The van der Waals surface area contributed by atoms with Crippen LogP contribution in [0.3, 0.4) is 0 Å². The van der Waals surface area contributed by atoms with Crippen LogP contribution in [-0.2, 0) is 11.0 Å². The monoisotopic (exact) mass is 327 g/mol. The van der Waals surface area contributed by atoms with Crippen molar-refractivity contribution in [1.82, 2.24) is 4.90 Å². The second-order valence-electron chi connectivity index (χ2n) is 5.94. The highest BCUT2D eigenvalue weighted by molar-refractivity contribution is 5.95. The third kappa shape index (κ3) is 4.13. The first-order valence-electron chi connectivity index (χ1n) is 7.52. The fourth-order valence-electron chi connectivity index (χ4n) is 2.81. The lowest BCUT2D eigenvalue weighted by molar-refractivity contribution is -0.137. The molecule has 1 aromatic carbocycles. The summed E-state index contributed by atoms with van der Waals surface area (Å²) in [5, 5.41) is 9.56. The molecular formula is C17H20F3NO2. The van der Waals surface area contributed by atoms with Crippen LogP contribution in [0.1, 0.15) is 31.4 Å². The van der Waals surface area contributed by atoms with E-state index in [0.29, 0.717) is 19.5 Å². The number of hydrogen-bond acceptors (Lipinski definition) is 2. The van der Waals surface area contributed by atoms with E-state index in [9.17, 15) is 23.1 Å². The molecule has 0 bridgehead atoms. The molecule has 0 saturated carbocycles. The quantitative estimate of drug-likeness (QED) is 0.865. The van der Waals surface area contributed by atoms with Gasteiger partial charge in [-0.2, -0.15) is 13.2 Å². The lowest BCUT2D eigenvalue weighted by Crippen LogP contribution is -2.29. The summed E-state index contributed by atoms with van der Waals surface area (Å²) in [6.45, 7) is 4.13. The molecule has 126 valence electrons. The third-order valence-corrected chi connectivity index (χ3v) is 4.22. The van der Waals surface area contributed by atoms with Gasteiger partial charge in [-0.05, 0) is 37.5 Å². The average Bonchev–Trinajstić information content (AvgIpc) is 2.96. The van der Waals surface area contributed by atoms with Gasteiger partial charge >= 0.3 is 6.18 Å². The molecule has 1 heterocycles. The van der Waals surface area contributed by atoms with Gasteiger partial charge in [0.05, 0.1) is 11.7 Å². The van der Waals surface area contributed by atoms with Crippen molar-refractivity contribution in [2.24, 2.45) is 5.92 Å². The number of likely N-dealkylation sites (tertiary alicyclic amines) is 1. The molecule has 0 spiro atoms. The Labute approximate surface area is 133 Å². The molecule has 2 rings (SSSR count). The molecule has 6 heteroatoms. The van der Waals surface area contributed by atoms with Gasteiger partial charge in [-0.3, -0.25) is 4.79 Å². The molecule has 1 aliphatic heterocycles. The van der Waals surface area contributed by atoms with E-state index in [-0.39, 0.29) is 23.0 Å². The van der Waals surface area contributed by atoms with Crippen molar-refractivity contribution >= 4 is 11.5 Å². The summed E-state index contributed by atoms with van der Waals surface area (Å²) in [7, 11) is 0. The number of hydrogen-bond donors (Lipinski definition) is 1. The average molecular weight is 327 g/mol. The molecule has 23 heavy (non-hydrogen) atoms. The van der Waals surface area contributed by atoms with Gasteiger partial charge in [0.2, 0.25) is 5.91 Å². The maximum Gasteiger partial charge on any atom is 0.416 e. The maximum absolute atomic E-state index is 13.0. The molecule has 3 nitrogen and oxygen atoms in total. The highest BCUT2D eigenvalue weighted by Gasteiger charge is 2.33. The van der Waals surface area contributed by atoms with Gasteiger partial charge in [0.1, 0.15) is 0 Å². The van der Waals surface area contributed by atoms with E-state index in [0.717, 1.165) is 6.07 Å². The Morgan fingerprint density at radius 3 is 2.61 bits per heavy atom. The second-order valence-corrected chi connectivity index (χ2v) is 5.94. The largest absolute Gasteiger partial charge is 0.416 e. The van der Waals surface area contributed by atoms with E-state index in [1.54, 1.807) is 11.8 Å². The molecule has 2 atom stereocenters. The zero-order valence-electron chi connectivity index (χ0n) is 13.1.